The molecular weight excluding hydrogens is 570 g/mol. The molecule has 15 heteroatoms. The van der Waals surface area contributed by atoms with Crippen LogP contribution in [0.5, 0.6) is 0 Å². The molecule has 0 aliphatic rings. The monoisotopic (exact) mass is 623 g/mol. The molecule has 0 N–H and O–H groups in total. The van der Waals surface area contributed by atoms with E-state index in [1.54, 1.807) is 0 Å². The molecule has 0 radical (unpaired) electrons. The number of nitrogens with zero attached hydrogens (tertiary/aromatic N) is 3. The van der Waals surface area contributed by atoms with E-state index in [4.69, 9.17) is 59.9 Å². The number of halogens is 8. The summed E-state index contributed by atoms with van der Waals surface area (Å²) in [6.07, 6.45) is 3.14. The zero-order valence-corrected chi connectivity index (χ0v) is 26.7. The summed E-state index contributed by atoms with van der Waals surface area (Å²) in [5, 5.41) is 0. The Morgan fingerprint density at radius 2 is 0.950 bits per heavy atom. The molecular formula is C25H53F8N3O3Si. The summed E-state index contributed by atoms with van der Waals surface area (Å²) in [4.78, 5) is 12.1. The summed E-state index contributed by atoms with van der Waals surface area (Å²) in [6.45, 7) is 25.8. The Kier molecular flexibility index (Phi) is 45.9. The van der Waals surface area contributed by atoms with Gasteiger partial charge in [-0.25, -0.2) is 0 Å². The first-order valence-corrected chi connectivity index (χ1v) is 15.3. The lowest BCUT2D eigenvalue weighted by Gasteiger charge is -2.29. The number of hydrogen-bond acceptors (Lipinski definition) is 6. The second kappa shape index (κ2) is 37.8. The third-order valence-corrected chi connectivity index (χ3v) is 8.20. The van der Waals surface area contributed by atoms with Crippen molar-refractivity contribution in [2.75, 3.05) is 52.5 Å². The predicted octanol–water partition coefficient (Wildman–Crippen LogP) is 9.10. The van der Waals surface area contributed by atoms with Gasteiger partial charge in [0.2, 0.25) is 0 Å². The molecule has 40 heavy (non-hydrogen) atoms. The van der Waals surface area contributed by atoms with Gasteiger partial charge in [0.05, 0.1) is 13.1 Å². The third kappa shape index (κ3) is 33.0. The van der Waals surface area contributed by atoms with Crippen LogP contribution in [0.15, 0.2) is 9.98 Å². The smallest absolute Gasteiger partial charge is 0.374 e. The molecule has 0 aromatic carbocycles. The maximum atomic E-state index is 8.00. The van der Waals surface area contributed by atoms with Crippen LogP contribution >= 0.6 is 0 Å². The molecule has 0 rings (SSSR count). The van der Waals surface area contributed by atoms with Crippen molar-refractivity contribution in [1.29, 1.82) is 0 Å². The van der Waals surface area contributed by atoms with Crippen molar-refractivity contribution >= 4 is 20.2 Å². The van der Waals surface area contributed by atoms with E-state index in [1.165, 1.54) is 11.4 Å². The predicted molar refractivity (Wildman–Crippen MR) is 150 cm³/mol. The highest BCUT2D eigenvalue weighted by atomic mass is 28.4. The summed E-state index contributed by atoms with van der Waals surface area (Å²) < 4.78 is 82.1. The van der Waals surface area contributed by atoms with Crippen molar-refractivity contribution in [2.24, 2.45) is 21.8 Å². The Labute approximate surface area is 237 Å². The van der Waals surface area contributed by atoms with Crippen LogP contribution in [0.2, 0.25) is 6.04 Å². The van der Waals surface area contributed by atoms with Gasteiger partial charge in [-0.2, -0.15) is 0 Å². The number of aliphatic imine (C=N–C) groups is 2. The molecule has 0 amide bonds. The molecule has 0 saturated carbocycles. The molecule has 0 bridgehead atoms. The highest BCUT2D eigenvalue weighted by Gasteiger charge is 2.39. The molecule has 0 spiro atoms. The van der Waals surface area contributed by atoms with Crippen molar-refractivity contribution in [1.82, 2.24) is 4.90 Å². The fraction of sp³-hybridized carbons (Fsp3) is 0.920. The van der Waals surface area contributed by atoms with Crippen LogP contribution in [0.1, 0.15) is 81.6 Å². The summed E-state index contributed by atoms with van der Waals surface area (Å²) >= 11 is 0. The van der Waals surface area contributed by atoms with Crippen molar-refractivity contribution in [3.63, 3.8) is 0 Å². The van der Waals surface area contributed by atoms with Crippen LogP contribution in [0.25, 0.3) is 0 Å². The number of hydrogen-bond donors (Lipinski definition) is 0. The highest BCUT2D eigenvalue weighted by molar-refractivity contribution is 6.60. The molecule has 0 aromatic heterocycles. The number of rotatable bonds is 20. The van der Waals surface area contributed by atoms with Crippen LogP contribution in [-0.2, 0) is 13.3 Å². The maximum Gasteiger partial charge on any atom is 0.500 e. The van der Waals surface area contributed by atoms with Gasteiger partial charge in [-0.3, -0.25) is 14.9 Å². The second-order valence-corrected chi connectivity index (χ2v) is 12.1. The van der Waals surface area contributed by atoms with Crippen LogP contribution in [0.4, 0.5) is 36.6 Å². The van der Waals surface area contributed by atoms with E-state index in [0.29, 0.717) is 31.7 Å². The standard InChI is InChI=1S/C25H53N3O3Si.4F2/c1-10-29-32(30-11-2,31-12-3)19-13-16-28(17-14-26-24(8)20-22(4)5)18-15-27-25(9)21-23(6)7;4*1-2/h22-23H,10-21H2,1-9H3;;;;. The van der Waals surface area contributed by atoms with Crippen LogP contribution in [-0.4, -0.2) is 77.7 Å². The zero-order chi connectivity index (χ0) is 32.4. The van der Waals surface area contributed by atoms with E-state index in [2.05, 4.69) is 46.4 Å². The van der Waals surface area contributed by atoms with Gasteiger partial charge in [0.1, 0.15) is 0 Å². The Morgan fingerprint density at radius 3 is 1.23 bits per heavy atom. The molecule has 0 unspecified atom stereocenters. The molecule has 0 aliphatic heterocycles. The van der Waals surface area contributed by atoms with Gasteiger partial charge in [0.15, 0.2) is 0 Å². The first-order valence-electron chi connectivity index (χ1n) is 13.4. The first-order chi connectivity index (χ1) is 19.2. The van der Waals surface area contributed by atoms with Crippen molar-refractivity contribution in [3.8, 4) is 0 Å². The Bertz CT molecular complexity index is 506. The fourth-order valence-electron chi connectivity index (χ4n) is 3.93. The third-order valence-electron chi connectivity index (χ3n) is 5.05. The Morgan fingerprint density at radius 1 is 0.625 bits per heavy atom. The Hall–Kier alpha value is -1.16. The van der Waals surface area contributed by atoms with Gasteiger partial charge in [-0.05, 0) is 72.3 Å². The average Bonchev–Trinajstić information content (AvgIpc) is 2.92. The van der Waals surface area contributed by atoms with E-state index in [9.17, 15) is 0 Å². The average molecular weight is 624 g/mol. The van der Waals surface area contributed by atoms with Crippen molar-refractivity contribution < 1.29 is 49.9 Å². The van der Waals surface area contributed by atoms with Gasteiger partial charge in [-0.15, -0.1) is 0 Å². The quantitative estimate of drug-likeness (QED) is 0.0771. The largest absolute Gasteiger partial charge is 0.500 e. The molecule has 0 atom stereocenters. The molecule has 246 valence electrons. The van der Waals surface area contributed by atoms with Gasteiger partial charge in [0.25, 0.3) is 0 Å². The van der Waals surface area contributed by atoms with Crippen LogP contribution in [0, 0.1) is 11.8 Å². The van der Waals surface area contributed by atoms with Gasteiger partial charge < -0.3 is 13.3 Å². The summed E-state index contributed by atoms with van der Waals surface area (Å²) in [5.41, 5.74) is 2.50. The van der Waals surface area contributed by atoms with E-state index in [0.717, 1.165) is 58.0 Å². The topological polar surface area (TPSA) is 55.7 Å². The molecule has 0 aromatic rings. The SMILES string of the molecule is CCO[Si](CCCN(CCN=C(C)CC(C)C)CCN=C(C)CC(C)C)(OCC)OCC.FF.FF.FF.FF. The van der Waals surface area contributed by atoms with Gasteiger partial charge >= 0.3 is 8.80 Å². The zero-order valence-electron chi connectivity index (χ0n) is 25.7. The van der Waals surface area contributed by atoms with Crippen molar-refractivity contribution in [3.05, 3.63) is 0 Å². The normalized spacial score (nSPS) is 11.6. The lowest BCUT2D eigenvalue weighted by atomic mass is 10.1. The van der Waals surface area contributed by atoms with E-state index < -0.39 is 8.80 Å². The van der Waals surface area contributed by atoms with Crippen LogP contribution < -0.4 is 0 Å². The fourth-order valence-corrected chi connectivity index (χ4v) is 6.52. The first kappa shape index (κ1) is 48.6. The van der Waals surface area contributed by atoms with Crippen molar-refractivity contribution in [2.45, 2.75) is 87.6 Å². The van der Waals surface area contributed by atoms with E-state index >= 15 is 0 Å². The van der Waals surface area contributed by atoms with Gasteiger partial charge in [0, 0.05) is 87.0 Å². The summed E-state index contributed by atoms with van der Waals surface area (Å²) in [5.74, 6) is 1.31. The minimum Gasteiger partial charge on any atom is -0.374 e. The molecule has 0 aliphatic carbocycles. The molecule has 6 nitrogen and oxygen atoms in total. The molecule has 0 heterocycles. The minimum absolute atomic E-state index is 0.629. The van der Waals surface area contributed by atoms with E-state index in [-0.39, 0.29) is 0 Å². The van der Waals surface area contributed by atoms with E-state index in [1.807, 2.05) is 20.8 Å². The molecule has 0 fully saturated rings. The summed E-state index contributed by atoms with van der Waals surface area (Å²) in [6, 6.07) is 0.851. The second-order valence-electron chi connectivity index (χ2n) is 9.36. The molecule has 0 saturated heterocycles. The van der Waals surface area contributed by atoms with Crippen LogP contribution in [0.3, 0.4) is 0 Å². The van der Waals surface area contributed by atoms with Gasteiger partial charge in [-0.1, -0.05) is 27.7 Å². The summed E-state index contributed by atoms with van der Waals surface area (Å²) in [7, 11) is -2.58. The Balaban J connectivity index is -0.000000464. The lowest BCUT2D eigenvalue weighted by molar-refractivity contribution is 0.0699. The maximum absolute atomic E-state index is 8.00. The minimum atomic E-state index is -2.58. The lowest BCUT2D eigenvalue weighted by Crippen LogP contribution is -2.46. The highest BCUT2D eigenvalue weighted by Crippen LogP contribution is 2.18.